The summed E-state index contributed by atoms with van der Waals surface area (Å²) in [6.45, 7) is 4.51. The van der Waals surface area contributed by atoms with Crippen LogP contribution < -0.4 is 10.5 Å². The maximum atomic E-state index is 12.6. The molecule has 2 aromatic rings. The second kappa shape index (κ2) is 9.91. The molecule has 0 saturated heterocycles. The van der Waals surface area contributed by atoms with Crippen LogP contribution in [0.3, 0.4) is 0 Å². The van der Waals surface area contributed by atoms with Crippen molar-refractivity contribution < 1.29 is 19.1 Å². The van der Waals surface area contributed by atoms with Gasteiger partial charge in [-0.15, -0.1) is 11.3 Å². The van der Waals surface area contributed by atoms with Gasteiger partial charge >= 0.3 is 5.97 Å². The smallest absolute Gasteiger partial charge is 0.316 e. The van der Waals surface area contributed by atoms with Crippen LogP contribution in [0, 0.1) is 5.92 Å². The first kappa shape index (κ1) is 19.9. The van der Waals surface area contributed by atoms with Crippen LogP contribution in [-0.4, -0.2) is 23.5 Å². The maximum absolute atomic E-state index is 12.6. The summed E-state index contributed by atoms with van der Waals surface area (Å²) in [5, 5.41) is 2.39. The molecule has 0 bridgehead atoms. The normalized spacial score (nSPS) is 12.0. The van der Waals surface area contributed by atoms with E-state index in [0.29, 0.717) is 23.2 Å². The average molecular weight is 376 g/mol. The molecule has 0 aliphatic rings. The molecule has 0 aliphatic carbocycles. The van der Waals surface area contributed by atoms with Gasteiger partial charge in [-0.25, -0.2) is 4.98 Å². The lowest BCUT2D eigenvalue weighted by Crippen LogP contribution is -2.18. The lowest BCUT2D eigenvalue weighted by Gasteiger charge is -2.16. The molecule has 2 N–H and O–H groups in total. The Balaban J connectivity index is 2.00. The SMILES string of the molecule is CC(C)CC(C(=O)OCc1ccccc1)c1nc(OCCC(N)=O)cs1. The molecular weight excluding hydrogens is 352 g/mol. The van der Waals surface area contributed by atoms with Crippen LogP contribution >= 0.6 is 11.3 Å². The average Bonchev–Trinajstić information content (AvgIpc) is 3.06. The minimum absolute atomic E-state index is 0.126. The molecule has 140 valence electrons. The fourth-order valence-corrected chi connectivity index (χ4v) is 3.19. The quantitative estimate of drug-likeness (QED) is 0.643. The molecule has 7 heteroatoms. The first-order chi connectivity index (χ1) is 12.5. The van der Waals surface area contributed by atoms with Gasteiger partial charge < -0.3 is 15.2 Å². The molecule has 1 unspecified atom stereocenters. The Hall–Kier alpha value is -2.41. The van der Waals surface area contributed by atoms with Crippen LogP contribution in [0.15, 0.2) is 35.7 Å². The maximum Gasteiger partial charge on any atom is 0.316 e. The molecule has 0 saturated carbocycles. The fourth-order valence-electron chi connectivity index (χ4n) is 2.35. The number of thiazole rings is 1. The third-order valence-corrected chi connectivity index (χ3v) is 4.55. The van der Waals surface area contributed by atoms with Gasteiger partial charge in [0, 0.05) is 0 Å². The van der Waals surface area contributed by atoms with Crippen molar-refractivity contribution in [3.05, 3.63) is 46.3 Å². The van der Waals surface area contributed by atoms with E-state index in [-0.39, 0.29) is 25.6 Å². The minimum atomic E-state index is -0.433. The Morgan fingerprint density at radius 1 is 1.23 bits per heavy atom. The molecule has 1 aromatic carbocycles. The minimum Gasteiger partial charge on any atom is -0.477 e. The summed E-state index contributed by atoms with van der Waals surface area (Å²) < 4.78 is 10.9. The molecule has 0 radical (unpaired) electrons. The molecule has 2 rings (SSSR count). The first-order valence-corrected chi connectivity index (χ1v) is 9.40. The highest BCUT2D eigenvalue weighted by Crippen LogP contribution is 2.30. The number of nitrogens with zero attached hydrogens (tertiary/aromatic N) is 1. The van der Waals surface area contributed by atoms with Crippen LogP contribution in [0.5, 0.6) is 5.88 Å². The number of rotatable bonds is 10. The number of benzene rings is 1. The van der Waals surface area contributed by atoms with Crippen molar-refractivity contribution in [2.45, 2.75) is 39.2 Å². The Bertz CT molecular complexity index is 715. The van der Waals surface area contributed by atoms with Gasteiger partial charge in [0.2, 0.25) is 11.8 Å². The van der Waals surface area contributed by atoms with Gasteiger partial charge in [-0.2, -0.15) is 0 Å². The highest BCUT2D eigenvalue weighted by molar-refractivity contribution is 7.10. The van der Waals surface area contributed by atoms with E-state index in [0.717, 1.165) is 5.56 Å². The van der Waals surface area contributed by atoms with Crippen LogP contribution in [0.2, 0.25) is 0 Å². The molecule has 6 nitrogen and oxygen atoms in total. The topological polar surface area (TPSA) is 91.5 Å². The summed E-state index contributed by atoms with van der Waals surface area (Å²) in [7, 11) is 0. The number of amides is 1. The molecular formula is C19H24N2O4S. The van der Waals surface area contributed by atoms with Gasteiger partial charge in [0.15, 0.2) is 0 Å². The molecule has 0 aliphatic heterocycles. The Morgan fingerprint density at radius 3 is 2.62 bits per heavy atom. The fraction of sp³-hybridized carbons (Fsp3) is 0.421. The Morgan fingerprint density at radius 2 is 1.96 bits per heavy atom. The van der Waals surface area contributed by atoms with Crippen molar-refractivity contribution in [2.24, 2.45) is 11.7 Å². The lowest BCUT2D eigenvalue weighted by molar-refractivity contribution is -0.147. The van der Waals surface area contributed by atoms with Crippen molar-refractivity contribution in [3.8, 4) is 5.88 Å². The summed E-state index contributed by atoms with van der Waals surface area (Å²) in [5.74, 6) is -0.441. The predicted molar refractivity (Wildman–Crippen MR) is 99.9 cm³/mol. The van der Waals surface area contributed by atoms with Gasteiger partial charge in [-0.3, -0.25) is 9.59 Å². The number of aromatic nitrogens is 1. The van der Waals surface area contributed by atoms with E-state index >= 15 is 0 Å². The number of hydrogen-bond donors (Lipinski definition) is 1. The zero-order valence-electron chi connectivity index (χ0n) is 15.0. The third-order valence-electron chi connectivity index (χ3n) is 3.61. The third kappa shape index (κ3) is 6.48. The van der Waals surface area contributed by atoms with E-state index in [9.17, 15) is 9.59 Å². The molecule has 0 fully saturated rings. The second-order valence-electron chi connectivity index (χ2n) is 6.36. The number of hydrogen-bond acceptors (Lipinski definition) is 6. The molecule has 1 heterocycles. The van der Waals surface area contributed by atoms with Crippen LogP contribution in [0.1, 0.15) is 43.2 Å². The highest BCUT2D eigenvalue weighted by Gasteiger charge is 2.27. The van der Waals surface area contributed by atoms with E-state index in [1.54, 1.807) is 5.38 Å². The number of esters is 1. The van der Waals surface area contributed by atoms with Crippen LogP contribution in [0.4, 0.5) is 0 Å². The van der Waals surface area contributed by atoms with Crippen LogP contribution in [0.25, 0.3) is 0 Å². The van der Waals surface area contributed by atoms with Crippen molar-refractivity contribution in [1.82, 2.24) is 4.98 Å². The number of primary amides is 1. The Kier molecular flexibility index (Phi) is 7.59. The largest absolute Gasteiger partial charge is 0.477 e. The zero-order chi connectivity index (χ0) is 18.9. The van der Waals surface area contributed by atoms with Gasteiger partial charge in [0.05, 0.1) is 18.4 Å². The Labute approximate surface area is 157 Å². The summed E-state index contributed by atoms with van der Waals surface area (Å²) in [6, 6.07) is 9.57. The predicted octanol–water partition coefficient (Wildman–Crippen LogP) is 3.27. The number of carbonyl (C=O) groups is 2. The van der Waals surface area contributed by atoms with Crippen molar-refractivity contribution in [1.29, 1.82) is 0 Å². The van der Waals surface area contributed by atoms with E-state index in [1.807, 2.05) is 30.3 Å². The van der Waals surface area contributed by atoms with Crippen molar-refractivity contribution in [2.75, 3.05) is 6.61 Å². The standard InChI is InChI=1S/C19H24N2O4S/c1-13(2)10-15(19(23)25-11-14-6-4-3-5-7-14)18-21-17(12-26-18)24-9-8-16(20)22/h3-7,12-13,15H,8-11H2,1-2H3,(H2,20,22). The van der Waals surface area contributed by atoms with Crippen LogP contribution in [-0.2, 0) is 20.9 Å². The number of nitrogens with two attached hydrogens (primary N) is 1. The van der Waals surface area contributed by atoms with Gasteiger partial charge in [-0.1, -0.05) is 44.2 Å². The summed E-state index contributed by atoms with van der Waals surface area (Å²) in [6.07, 6.45) is 0.767. The summed E-state index contributed by atoms with van der Waals surface area (Å²) in [4.78, 5) is 27.8. The highest BCUT2D eigenvalue weighted by atomic mass is 32.1. The lowest BCUT2D eigenvalue weighted by atomic mass is 9.98. The summed E-state index contributed by atoms with van der Waals surface area (Å²) in [5.41, 5.74) is 6.03. The molecule has 1 amide bonds. The van der Waals surface area contributed by atoms with E-state index < -0.39 is 11.8 Å². The molecule has 26 heavy (non-hydrogen) atoms. The van der Waals surface area contributed by atoms with Gasteiger partial charge in [0.1, 0.15) is 17.5 Å². The van der Waals surface area contributed by atoms with E-state index in [1.165, 1.54) is 11.3 Å². The molecule has 1 atom stereocenters. The number of ether oxygens (including phenoxy) is 2. The summed E-state index contributed by atoms with van der Waals surface area (Å²) >= 11 is 1.36. The van der Waals surface area contributed by atoms with E-state index in [4.69, 9.17) is 15.2 Å². The van der Waals surface area contributed by atoms with Crippen molar-refractivity contribution >= 4 is 23.2 Å². The van der Waals surface area contributed by atoms with Gasteiger partial charge in [0.25, 0.3) is 0 Å². The van der Waals surface area contributed by atoms with E-state index in [2.05, 4.69) is 18.8 Å². The molecule has 1 aromatic heterocycles. The zero-order valence-corrected chi connectivity index (χ0v) is 15.8. The second-order valence-corrected chi connectivity index (χ2v) is 7.25. The molecule has 0 spiro atoms. The van der Waals surface area contributed by atoms with Crippen molar-refractivity contribution in [3.63, 3.8) is 0 Å². The first-order valence-electron chi connectivity index (χ1n) is 8.52. The number of carbonyl (C=O) groups excluding carboxylic acids is 2. The monoisotopic (exact) mass is 376 g/mol. The van der Waals surface area contributed by atoms with Gasteiger partial charge in [-0.05, 0) is 17.9 Å².